The van der Waals surface area contributed by atoms with Gasteiger partial charge in [-0.15, -0.1) is 0 Å². The molecule has 1 aliphatic rings. The first-order valence-electron chi connectivity index (χ1n) is 7.16. The van der Waals surface area contributed by atoms with Crippen LogP contribution in [0, 0.1) is 11.7 Å². The van der Waals surface area contributed by atoms with Gasteiger partial charge in [0.2, 0.25) is 0 Å². The van der Waals surface area contributed by atoms with Crippen molar-refractivity contribution in [1.29, 1.82) is 0 Å². The summed E-state index contributed by atoms with van der Waals surface area (Å²) in [6.07, 6.45) is 0.856. The SMILES string of the molecule is OC(c1nc(Cc2cccc(Cl)c2F)no1)C1CCOCC1. The molecule has 118 valence electrons. The molecule has 0 amide bonds. The van der Waals surface area contributed by atoms with Crippen molar-refractivity contribution >= 4 is 11.6 Å². The predicted octanol–water partition coefficient (Wildman–Crippen LogP) is 2.91. The van der Waals surface area contributed by atoms with E-state index in [1.165, 1.54) is 6.07 Å². The van der Waals surface area contributed by atoms with Gasteiger partial charge in [-0.3, -0.25) is 0 Å². The summed E-state index contributed by atoms with van der Waals surface area (Å²) < 4.78 is 24.2. The van der Waals surface area contributed by atoms with Gasteiger partial charge < -0.3 is 14.4 Å². The summed E-state index contributed by atoms with van der Waals surface area (Å²) in [5.41, 5.74) is 0.389. The molecule has 0 bridgehead atoms. The lowest BCUT2D eigenvalue weighted by atomic mass is 9.94. The third-order valence-corrected chi connectivity index (χ3v) is 4.12. The molecule has 1 N–H and O–H groups in total. The van der Waals surface area contributed by atoms with Gasteiger partial charge in [0, 0.05) is 19.6 Å². The van der Waals surface area contributed by atoms with Crippen LogP contribution in [0.15, 0.2) is 22.7 Å². The van der Waals surface area contributed by atoms with E-state index in [2.05, 4.69) is 10.1 Å². The Morgan fingerprint density at radius 2 is 2.14 bits per heavy atom. The largest absolute Gasteiger partial charge is 0.383 e. The van der Waals surface area contributed by atoms with Gasteiger partial charge in [-0.05, 0) is 30.4 Å². The van der Waals surface area contributed by atoms with E-state index in [0.717, 1.165) is 12.8 Å². The summed E-state index contributed by atoms with van der Waals surface area (Å²) >= 11 is 5.75. The van der Waals surface area contributed by atoms with Crippen molar-refractivity contribution in [3.63, 3.8) is 0 Å². The highest BCUT2D eigenvalue weighted by Crippen LogP contribution is 2.29. The van der Waals surface area contributed by atoms with E-state index in [-0.39, 0.29) is 23.3 Å². The van der Waals surface area contributed by atoms with Gasteiger partial charge in [-0.25, -0.2) is 4.39 Å². The molecule has 2 heterocycles. The number of rotatable bonds is 4. The highest BCUT2D eigenvalue weighted by Gasteiger charge is 2.28. The van der Waals surface area contributed by atoms with Crippen LogP contribution in [0.4, 0.5) is 4.39 Å². The quantitative estimate of drug-likeness (QED) is 0.935. The highest BCUT2D eigenvalue weighted by atomic mass is 35.5. The number of aliphatic hydroxyl groups excluding tert-OH is 1. The number of ether oxygens (including phenoxy) is 1. The van der Waals surface area contributed by atoms with Crippen molar-refractivity contribution in [3.8, 4) is 0 Å². The predicted molar refractivity (Wildman–Crippen MR) is 77.0 cm³/mol. The van der Waals surface area contributed by atoms with Gasteiger partial charge in [0.15, 0.2) is 5.82 Å². The molecule has 1 aromatic carbocycles. The minimum Gasteiger partial charge on any atom is -0.383 e. The summed E-state index contributed by atoms with van der Waals surface area (Å²) in [5, 5.41) is 14.1. The highest BCUT2D eigenvalue weighted by molar-refractivity contribution is 6.30. The smallest absolute Gasteiger partial charge is 0.255 e. The van der Waals surface area contributed by atoms with E-state index in [0.29, 0.717) is 24.6 Å². The number of hydrogen-bond donors (Lipinski definition) is 1. The Balaban J connectivity index is 1.72. The van der Waals surface area contributed by atoms with Crippen molar-refractivity contribution < 1.29 is 18.8 Å². The Morgan fingerprint density at radius 3 is 2.91 bits per heavy atom. The Morgan fingerprint density at radius 1 is 1.36 bits per heavy atom. The molecular formula is C15H16ClFN2O3. The average molecular weight is 327 g/mol. The van der Waals surface area contributed by atoms with Crippen LogP contribution in [-0.4, -0.2) is 28.5 Å². The molecule has 1 aromatic heterocycles. The molecule has 1 fully saturated rings. The summed E-state index contributed by atoms with van der Waals surface area (Å²) in [6, 6.07) is 4.77. The minimum absolute atomic E-state index is 0.0463. The second-order valence-electron chi connectivity index (χ2n) is 5.33. The number of aromatic nitrogens is 2. The van der Waals surface area contributed by atoms with Gasteiger partial charge in [0.1, 0.15) is 11.9 Å². The fourth-order valence-electron chi connectivity index (χ4n) is 2.55. The molecule has 2 aromatic rings. The van der Waals surface area contributed by atoms with Crippen LogP contribution in [0.5, 0.6) is 0 Å². The van der Waals surface area contributed by atoms with Crippen LogP contribution in [0.25, 0.3) is 0 Å². The first-order chi connectivity index (χ1) is 10.6. The van der Waals surface area contributed by atoms with Gasteiger partial charge in [0.05, 0.1) is 5.02 Å². The van der Waals surface area contributed by atoms with Crippen molar-refractivity contribution in [1.82, 2.24) is 10.1 Å². The van der Waals surface area contributed by atoms with Gasteiger partial charge in [-0.1, -0.05) is 28.9 Å². The molecule has 0 radical (unpaired) electrons. The lowest BCUT2D eigenvalue weighted by Crippen LogP contribution is -2.22. The number of halogens is 2. The Labute approximate surface area is 132 Å². The van der Waals surface area contributed by atoms with Gasteiger partial charge in [-0.2, -0.15) is 4.98 Å². The maximum absolute atomic E-state index is 13.9. The number of hydrogen-bond acceptors (Lipinski definition) is 5. The zero-order chi connectivity index (χ0) is 15.5. The first-order valence-corrected chi connectivity index (χ1v) is 7.54. The second kappa shape index (κ2) is 6.73. The van der Waals surface area contributed by atoms with E-state index in [9.17, 15) is 9.50 Å². The molecule has 1 unspecified atom stereocenters. The maximum Gasteiger partial charge on any atom is 0.255 e. The molecule has 7 heteroatoms. The first kappa shape index (κ1) is 15.4. The molecule has 1 aliphatic heterocycles. The van der Waals surface area contributed by atoms with E-state index in [1.54, 1.807) is 12.1 Å². The Hall–Kier alpha value is -1.50. The van der Waals surface area contributed by atoms with E-state index >= 15 is 0 Å². The zero-order valence-electron chi connectivity index (χ0n) is 11.8. The molecule has 5 nitrogen and oxygen atoms in total. The molecular weight excluding hydrogens is 311 g/mol. The zero-order valence-corrected chi connectivity index (χ0v) is 12.6. The third kappa shape index (κ3) is 3.29. The minimum atomic E-state index is -0.811. The number of aliphatic hydroxyl groups is 1. The maximum atomic E-state index is 13.9. The van der Waals surface area contributed by atoms with Crippen LogP contribution in [-0.2, 0) is 11.2 Å². The van der Waals surface area contributed by atoms with Crippen molar-refractivity contribution in [3.05, 3.63) is 46.3 Å². The van der Waals surface area contributed by atoms with Crippen molar-refractivity contribution in [2.24, 2.45) is 5.92 Å². The number of nitrogens with zero attached hydrogens (tertiary/aromatic N) is 2. The molecule has 0 aliphatic carbocycles. The summed E-state index contributed by atoms with van der Waals surface area (Å²) in [7, 11) is 0. The fourth-order valence-corrected chi connectivity index (χ4v) is 2.74. The summed E-state index contributed by atoms with van der Waals surface area (Å²) in [5.74, 6) is 0.0528. The average Bonchev–Trinajstić information content (AvgIpc) is 3.00. The fraction of sp³-hybridized carbons (Fsp3) is 0.467. The van der Waals surface area contributed by atoms with E-state index in [1.807, 2.05) is 0 Å². The molecule has 1 atom stereocenters. The molecule has 0 spiro atoms. The van der Waals surface area contributed by atoms with Crippen molar-refractivity contribution in [2.45, 2.75) is 25.4 Å². The van der Waals surface area contributed by atoms with Crippen molar-refractivity contribution in [2.75, 3.05) is 13.2 Å². The van der Waals surface area contributed by atoms with Crippen LogP contribution in [0.1, 0.15) is 36.2 Å². The molecule has 22 heavy (non-hydrogen) atoms. The Kier molecular flexibility index (Phi) is 4.71. The van der Waals surface area contributed by atoms with Crippen LogP contribution < -0.4 is 0 Å². The monoisotopic (exact) mass is 326 g/mol. The van der Waals surface area contributed by atoms with Crippen LogP contribution in [0.3, 0.4) is 0 Å². The topological polar surface area (TPSA) is 68.4 Å². The van der Waals surface area contributed by atoms with E-state index in [4.69, 9.17) is 20.9 Å². The van der Waals surface area contributed by atoms with Crippen LogP contribution in [0.2, 0.25) is 5.02 Å². The standard InChI is InChI=1S/C15H16ClFN2O3/c16-11-3-1-2-10(13(11)17)8-12-18-15(22-19-12)14(20)9-4-6-21-7-5-9/h1-3,9,14,20H,4-8H2. The van der Waals surface area contributed by atoms with Crippen LogP contribution >= 0.6 is 11.6 Å². The van der Waals surface area contributed by atoms with Gasteiger partial charge >= 0.3 is 0 Å². The normalized spacial score (nSPS) is 17.6. The van der Waals surface area contributed by atoms with Gasteiger partial charge in [0.25, 0.3) is 5.89 Å². The summed E-state index contributed by atoms with van der Waals surface area (Å²) in [6.45, 7) is 1.24. The second-order valence-corrected chi connectivity index (χ2v) is 5.74. The lowest BCUT2D eigenvalue weighted by Gasteiger charge is -2.24. The van der Waals surface area contributed by atoms with E-state index < -0.39 is 11.9 Å². The molecule has 3 rings (SSSR count). The third-order valence-electron chi connectivity index (χ3n) is 3.83. The molecule has 0 saturated carbocycles. The Bertz CT molecular complexity index is 643. The molecule has 1 saturated heterocycles. The summed E-state index contributed by atoms with van der Waals surface area (Å²) in [4.78, 5) is 4.17. The lowest BCUT2D eigenvalue weighted by molar-refractivity contribution is -0.00545. The number of benzene rings is 1.